The zero-order valence-corrected chi connectivity index (χ0v) is 9.83. The lowest BCUT2D eigenvalue weighted by Gasteiger charge is -2.16. The molecule has 1 aromatic rings. The molecule has 18 heavy (non-hydrogen) atoms. The number of carbonyl (C=O) groups is 1. The SMILES string of the molecule is C=CCC1=C(N2C(=O)OC[C@H]2c2ccccc2)O1. The Morgan fingerprint density at radius 1 is 1.39 bits per heavy atom. The minimum atomic E-state index is -0.349. The third kappa shape index (κ3) is 1.76. The van der Waals surface area contributed by atoms with Crippen LogP contribution in [0.15, 0.2) is 54.6 Å². The van der Waals surface area contributed by atoms with E-state index < -0.39 is 0 Å². The second-order valence-electron chi connectivity index (χ2n) is 4.20. The van der Waals surface area contributed by atoms with Crippen LogP contribution in [0.4, 0.5) is 4.79 Å². The van der Waals surface area contributed by atoms with Crippen LogP contribution in [-0.2, 0) is 9.47 Å². The summed E-state index contributed by atoms with van der Waals surface area (Å²) in [4.78, 5) is 13.3. The fourth-order valence-electron chi connectivity index (χ4n) is 2.10. The summed E-state index contributed by atoms with van der Waals surface area (Å²) < 4.78 is 10.5. The van der Waals surface area contributed by atoms with Crippen LogP contribution in [0.25, 0.3) is 0 Å². The van der Waals surface area contributed by atoms with Crippen LogP contribution in [0.3, 0.4) is 0 Å². The topological polar surface area (TPSA) is 42.1 Å². The molecular formula is C14H13NO3. The smallest absolute Gasteiger partial charge is 0.417 e. The fourth-order valence-corrected chi connectivity index (χ4v) is 2.10. The summed E-state index contributed by atoms with van der Waals surface area (Å²) in [6.45, 7) is 4.01. The number of rotatable bonds is 4. The second-order valence-corrected chi connectivity index (χ2v) is 4.20. The van der Waals surface area contributed by atoms with Crippen molar-refractivity contribution in [3.8, 4) is 0 Å². The van der Waals surface area contributed by atoms with Gasteiger partial charge in [0.05, 0.1) is 0 Å². The average molecular weight is 243 g/mol. The Morgan fingerprint density at radius 2 is 2.17 bits per heavy atom. The van der Waals surface area contributed by atoms with E-state index in [0.29, 0.717) is 18.9 Å². The predicted octanol–water partition coefficient (Wildman–Crippen LogP) is 2.96. The number of benzene rings is 1. The highest BCUT2D eigenvalue weighted by molar-refractivity contribution is 5.73. The van der Waals surface area contributed by atoms with Gasteiger partial charge in [-0.2, -0.15) is 0 Å². The van der Waals surface area contributed by atoms with Crippen molar-refractivity contribution in [1.82, 2.24) is 4.90 Å². The molecule has 1 amide bonds. The van der Waals surface area contributed by atoms with Crippen molar-refractivity contribution in [3.05, 3.63) is 60.2 Å². The highest BCUT2D eigenvalue weighted by Gasteiger charge is 2.44. The van der Waals surface area contributed by atoms with Crippen LogP contribution in [0, 0.1) is 0 Å². The van der Waals surface area contributed by atoms with E-state index in [9.17, 15) is 4.79 Å². The third-order valence-electron chi connectivity index (χ3n) is 3.02. The first-order chi connectivity index (χ1) is 8.81. The first-order valence-corrected chi connectivity index (χ1v) is 5.84. The molecule has 0 unspecified atom stereocenters. The zero-order valence-electron chi connectivity index (χ0n) is 9.83. The summed E-state index contributed by atoms with van der Waals surface area (Å²) in [6, 6.07) is 9.70. The Labute approximate surface area is 105 Å². The molecule has 4 heteroatoms. The van der Waals surface area contributed by atoms with E-state index in [1.165, 1.54) is 0 Å². The zero-order chi connectivity index (χ0) is 12.5. The van der Waals surface area contributed by atoms with Gasteiger partial charge in [0.15, 0.2) is 5.76 Å². The molecule has 0 aromatic heterocycles. The average Bonchev–Trinajstić information content (AvgIpc) is 3.04. The molecule has 0 saturated carbocycles. The number of carbonyl (C=O) groups excluding carboxylic acids is 1. The number of hydrogen-bond donors (Lipinski definition) is 0. The maximum atomic E-state index is 11.8. The second kappa shape index (κ2) is 4.22. The van der Waals surface area contributed by atoms with Gasteiger partial charge in [-0.3, -0.25) is 0 Å². The molecular weight excluding hydrogens is 230 g/mol. The standard InChI is InChI=1S/C14H13NO3/c1-2-6-12-13(18-12)15-11(9-17-14(15)16)10-7-4-3-5-8-10/h2-5,7-8,11H,1,6,9H2/t11-/m0/s1. The Hall–Kier alpha value is -2.23. The number of nitrogens with zero attached hydrogens (tertiary/aromatic N) is 1. The van der Waals surface area contributed by atoms with Crippen molar-refractivity contribution in [1.29, 1.82) is 0 Å². The van der Waals surface area contributed by atoms with Crippen LogP contribution >= 0.6 is 0 Å². The fraction of sp³-hybridized carbons (Fsp3) is 0.214. The van der Waals surface area contributed by atoms with Gasteiger partial charge in [-0.25, -0.2) is 9.69 Å². The maximum absolute atomic E-state index is 11.8. The van der Waals surface area contributed by atoms with Crippen LogP contribution in [0.5, 0.6) is 0 Å². The quantitative estimate of drug-likeness (QED) is 0.763. The monoisotopic (exact) mass is 243 g/mol. The van der Waals surface area contributed by atoms with Gasteiger partial charge in [0.1, 0.15) is 12.6 Å². The molecule has 0 radical (unpaired) electrons. The molecule has 92 valence electrons. The molecule has 2 aliphatic rings. The van der Waals surface area contributed by atoms with Gasteiger partial charge in [0, 0.05) is 6.42 Å². The van der Waals surface area contributed by atoms with Gasteiger partial charge in [0.25, 0.3) is 0 Å². The van der Waals surface area contributed by atoms with Gasteiger partial charge < -0.3 is 9.47 Å². The Morgan fingerprint density at radius 3 is 2.89 bits per heavy atom. The lowest BCUT2D eigenvalue weighted by molar-refractivity contribution is 0.159. The molecule has 2 aliphatic heterocycles. The van der Waals surface area contributed by atoms with Crippen molar-refractivity contribution in [3.63, 3.8) is 0 Å². The van der Waals surface area contributed by atoms with Crippen molar-refractivity contribution in [2.24, 2.45) is 0 Å². The Kier molecular flexibility index (Phi) is 2.55. The number of amides is 1. The summed E-state index contributed by atoms with van der Waals surface area (Å²) >= 11 is 0. The third-order valence-corrected chi connectivity index (χ3v) is 3.02. The van der Waals surface area contributed by atoms with Gasteiger partial charge in [-0.15, -0.1) is 6.58 Å². The molecule has 0 bridgehead atoms. The van der Waals surface area contributed by atoms with Gasteiger partial charge >= 0.3 is 6.09 Å². The maximum Gasteiger partial charge on any atom is 0.417 e. The van der Waals surface area contributed by atoms with Crippen LogP contribution in [0.2, 0.25) is 0 Å². The number of cyclic esters (lactones) is 1. The van der Waals surface area contributed by atoms with E-state index in [-0.39, 0.29) is 12.1 Å². The van der Waals surface area contributed by atoms with E-state index in [4.69, 9.17) is 9.47 Å². The van der Waals surface area contributed by atoms with E-state index in [1.807, 2.05) is 30.3 Å². The largest absolute Gasteiger partial charge is 0.446 e. The van der Waals surface area contributed by atoms with Crippen molar-refractivity contribution in [2.75, 3.05) is 6.61 Å². The summed E-state index contributed by atoms with van der Waals surface area (Å²) in [6.07, 6.45) is 2.04. The lowest BCUT2D eigenvalue weighted by Crippen LogP contribution is -2.23. The Bertz CT molecular complexity index is 521. The first-order valence-electron chi connectivity index (χ1n) is 5.84. The minimum absolute atomic E-state index is 0.101. The van der Waals surface area contributed by atoms with Gasteiger partial charge in [-0.1, -0.05) is 36.4 Å². The van der Waals surface area contributed by atoms with E-state index in [1.54, 1.807) is 11.0 Å². The highest BCUT2D eigenvalue weighted by atomic mass is 16.6. The summed E-state index contributed by atoms with van der Waals surface area (Å²) in [5.74, 6) is 1.41. The van der Waals surface area contributed by atoms with Crippen molar-refractivity contribution >= 4 is 6.09 Å². The normalized spacial score (nSPS) is 21.7. The summed E-state index contributed by atoms with van der Waals surface area (Å²) in [5.41, 5.74) is 1.05. The van der Waals surface area contributed by atoms with E-state index in [0.717, 1.165) is 11.3 Å². The molecule has 0 spiro atoms. The van der Waals surface area contributed by atoms with E-state index in [2.05, 4.69) is 6.58 Å². The molecule has 0 N–H and O–H groups in total. The molecule has 2 heterocycles. The van der Waals surface area contributed by atoms with Gasteiger partial charge in [-0.05, 0) is 5.56 Å². The Balaban J connectivity index is 1.87. The highest BCUT2D eigenvalue weighted by Crippen LogP contribution is 2.41. The van der Waals surface area contributed by atoms with Crippen molar-refractivity contribution in [2.45, 2.75) is 12.5 Å². The molecule has 1 saturated heterocycles. The summed E-state index contributed by atoms with van der Waals surface area (Å²) in [5, 5.41) is 0. The molecule has 1 atom stereocenters. The number of ether oxygens (including phenoxy) is 2. The molecule has 3 rings (SSSR count). The molecule has 0 aliphatic carbocycles. The van der Waals surface area contributed by atoms with Crippen LogP contribution < -0.4 is 0 Å². The molecule has 1 aromatic carbocycles. The number of hydrogen-bond acceptors (Lipinski definition) is 3. The first kappa shape index (κ1) is 10.9. The van der Waals surface area contributed by atoms with Gasteiger partial charge in [0.2, 0.25) is 5.88 Å². The number of allylic oxidation sites excluding steroid dienone is 1. The predicted molar refractivity (Wildman–Crippen MR) is 65.3 cm³/mol. The van der Waals surface area contributed by atoms with E-state index >= 15 is 0 Å². The van der Waals surface area contributed by atoms with Crippen LogP contribution in [0.1, 0.15) is 18.0 Å². The van der Waals surface area contributed by atoms with Crippen molar-refractivity contribution < 1.29 is 14.3 Å². The minimum Gasteiger partial charge on any atom is -0.446 e. The molecule has 4 nitrogen and oxygen atoms in total. The van der Waals surface area contributed by atoms with Crippen LogP contribution in [-0.4, -0.2) is 17.6 Å². The summed E-state index contributed by atoms with van der Waals surface area (Å²) in [7, 11) is 0. The lowest BCUT2D eigenvalue weighted by atomic mass is 10.1. The molecule has 1 fully saturated rings.